The summed E-state index contributed by atoms with van der Waals surface area (Å²) < 4.78 is 0. The number of halogens is 1. The van der Waals surface area contributed by atoms with Crippen LogP contribution in [-0.4, -0.2) is 0 Å². The predicted molar refractivity (Wildman–Crippen MR) is 68.4 cm³/mol. The van der Waals surface area contributed by atoms with E-state index in [2.05, 4.69) is 42.8 Å². The maximum atomic E-state index is 6.22. The number of rotatable bonds is 1. The first-order valence-electron chi connectivity index (χ1n) is 5.25. The number of allylic oxidation sites excluding steroid dienone is 1. The Morgan fingerprint density at radius 3 is 2.25 bits per heavy atom. The lowest BCUT2D eigenvalue weighted by molar-refractivity contribution is 1.52. The normalized spacial score (nSPS) is 13.4. The Kier molecular flexibility index (Phi) is 2.30. The zero-order valence-corrected chi connectivity index (χ0v) is 9.41. The second kappa shape index (κ2) is 3.80. The highest BCUT2D eigenvalue weighted by Gasteiger charge is 2.16. The summed E-state index contributed by atoms with van der Waals surface area (Å²) in [7, 11) is 0. The Morgan fingerprint density at radius 1 is 0.750 bits per heavy atom. The monoisotopic (exact) mass is 225 g/mol. The zero-order valence-electron chi connectivity index (χ0n) is 8.65. The maximum absolute atomic E-state index is 6.22. The Balaban J connectivity index is 2.15. The van der Waals surface area contributed by atoms with Crippen LogP contribution in [0.4, 0.5) is 0 Å². The molecule has 1 aliphatic rings. The highest BCUT2D eigenvalue weighted by molar-refractivity contribution is 6.32. The van der Waals surface area contributed by atoms with Gasteiger partial charge < -0.3 is 0 Å². The van der Waals surface area contributed by atoms with E-state index >= 15 is 0 Å². The minimum absolute atomic E-state index is 0.804. The van der Waals surface area contributed by atoms with Crippen molar-refractivity contribution in [1.29, 1.82) is 0 Å². The zero-order chi connectivity index (χ0) is 11.0. The van der Waals surface area contributed by atoms with Crippen molar-refractivity contribution >= 4 is 17.2 Å². The molecule has 0 saturated carbocycles. The molecule has 1 aliphatic carbocycles. The van der Waals surface area contributed by atoms with E-state index < -0.39 is 0 Å². The van der Waals surface area contributed by atoms with Gasteiger partial charge in [0.25, 0.3) is 0 Å². The van der Waals surface area contributed by atoms with Crippen molar-refractivity contribution in [2.75, 3.05) is 0 Å². The molecule has 0 aliphatic heterocycles. The number of fused-ring (bicyclic) bond motifs is 1. The van der Waals surface area contributed by atoms with Crippen LogP contribution >= 0.6 is 11.6 Å². The maximum Gasteiger partial charge on any atom is 0.0484 e. The largest absolute Gasteiger partial charge is 0.0837 e. The lowest BCUT2D eigenvalue weighted by Gasteiger charge is -2.07. The standard InChI is InChI=1S/C15H10Cl/c16-15-8-4-3-7-14(15)13-10-9-11-5-1-2-6-12(11)13/h1-10H. The van der Waals surface area contributed by atoms with Gasteiger partial charge in [-0.3, -0.25) is 0 Å². The quantitative estimate of drug-likeness (QED) is 0.678. The molecule has 0 saturated heterocycles. The van der Waals surface area contributed by atoms with E-state index in [4.69, 9.17) is 11.6 Å². The molecule has 0 spiro atoms. The van der Waals surface area contributed by atoms with Gasteiger partial charge in [-0.25, -0.2) is 0 Å². The Bertz CT molecular complexity index is 567. The SMILES string of the molecule is Clc1ccccc1C1=C[CH]c2ccccc21. The summed E-state index contributed by atoms with van der Waals surface area (Å²) >= 11 is 6.22. The lowest BCUT2D eigenvalue weighted by atomic mass is 9.99. The smallest absolute Gasteiger partial charge is 0.0484 e. The van der Waals surface area contributed by atoms with Crippen molar-refractivity contribution < 1.29 is 0 Å². The van der Waals surface area contributed by atoms with Gasteiger partial charge in [-0.2, -0.15) is 0 Å². The first kappa shape index (κ1) is 9.68. The first-order chi connectivity index (χ1) is 7.86. The van der Waals surface area contributed by atoms with Crippen LogP contribution < -0.4 is 0 Å². The molecule has 0 heterocycles. The van der Waals surface area contributed by atoms with Gasteiger partial charge in [-0.05, 0) is 22.8 Å². The molecule has 3 rings (SSSR count). The van der Waals surface area contributed by atoms with E-state index in [1.54, 1.807) is 0 Å². The molecule has 0 amide bonds. The van der Waals surface area contributed by atoms with Crippen LogP contribution in [0, 0.1) is 6.42 Å². The van der Waals surface area contributed by atoms with Crippen LogP contribution in [0.15, 0.2) is 54.6 Å². The fraction of sp³-hybridized carbons (Fsp3) is 0. The van der Waals surface area contributed by atoms with Crippen LogP contribution in [0.25, 0.3) is 5.57 Å². The second-order valence-electron chi connectivity index (χ2n) is 3.81. The second-order valence-corrected chi connectivity index (χ2v) is 4.22. The third kappa shape index (κ3) is 1.46. The summed E-state index contributed by atoms with van der Waals surface area (Å²) in [6.45, 7) is 0. The summed E-state index contributed by atoms with van der Waals surface area (Å²) in [5.41, 5.74) is 4.83. The van der Waals surface area contributed by atoms with Crippen molar-refractivity contribution in [1.82, 2.24) is 0 Å². The summed E-state index contributed by atoms with van der Waals surface area (Å²) in [5.74, 6) is 0. The molecule has 0 bridgehead atoms. The van der Waals surface area contributed by atoms with Crippen molar-refractivity contribution in [2.45, 2.75) is 0 Å². The molecule has 0 fully saturated rings. The highest BCUT2D eigenvalue weighted by Crippen LogP contribution is 2.36. The minimum atomic E-state index is 0.804. The van der Waals surface area contributed by atoms with Gasteiger partial charge in [0.15, 0.2) is 0 Å². The fourth-order valence-corrected chi connectivity index (χ4v) is 2.30. The number of benzene rings is 2. The van der Waals surface area contributed by atoms with Gasteiger partial charge in [0.05, 0.1) is 0 Å². The summed E-state index contributed by atoms with van der Waals surface area (Å²) in [6, 6.07) is 16.3. The topological polar surface area (TPSA) is 0 Å². The summed E-state index contributed by atoms with van der Waals surface area (Å²) in [5, 5.41) is 0.804. The van der Waals surface area contributed by atoms with Crippen molar-refractivity contribution in [2.24, 2.45) is 0 Å². The van der Waals surface area contributed by atoms with Crippen LogP contribution in [0.3, 0.4) is 0 Å². The van der Waals surface area contributed by atoms with Crippen LogP contribution in [0.2, 0.25) is 5.02 Å². The molecule has 0 nitrogen and oxygen atoms in total. The highest BCUT2D eigenvalue weighted by atomic mass is 35.5. The van der Waals surface area contributed by atoms with E-state index in [-0.39, 0.29) is 0 Å². The van der Waals surface area contributed by atoms with E-state index in [0.29, 0.717) is 0 Å². The third-order valence-corrected chi connectivity index (χ3v) is 3.17. The van der Waals surface area contributed by atoms with Crippen molar-refractivity contribution in [3.63, 3.8) is 0 Å². The van der Waals surface area contributed by atoms with Crippen LogP contribution in [0.1, 0.15) is 16.7 Å². The van der Waals surface area contributed by atoms with Crippen LogP contribution in [-0.2, 0) is 0 Å². The van der Waals surface area contributed by atoms with Crippen LogP contribution in [0.5, 0.6) is 0 Å². The molecule has 2 aromatic rings. The van der Waals surface area contributed by atoms with Gasteiger partial charge in [-0.15, -0.1) is 0 Å². The molecular weight excluding hydrogens is 216 g/mol. The van der Waals surface area contributed by atoms with Gasteiger partial charge in [0.2, 0.25) is 0 Å². The molecule has 77 valence electrons. The third-order valence-electron chi connectivity index (χ3n) is 2.84. The number of hydrogen-bond acceptors (Lipinski definition) is 0. The number of hydrogen-bond donors (Lipinski definition) is 0. The van der Waals surface area contributed by atoms with E-state index in [0.717, 1.165) is 10.6 Å². The van der Waals surface area contributed by atoms with E-state index in [9.17, 15) is 0 Å². The molecule has 0 N–H and O–H groups in total. The molecule has 0 unspecified atom stereocenters. The molecule has 16 heavy (non-hydrogen) atoms. The van der Waals surface area contributed by atoms with Gasteiger partial charge in [-0.1, -0.05) is 60.1 Å². The van der Waals surface area contributed by atoms with E-state index in [1.807, 2.05) is 18.2 Å². The first-order valence-corrected chi connectivity index (χ1v) is 5.63. The van der Waals surface area contributed by atoms with E-state index in [1.165, 1.54) is 16.7 Å². The average molecular weight is 226 g/mol. The Labute approximate surface area is 100 Å². The molecule has 0 atom stereocenters. The van der Waals surface area contributed by atoms with Gasteiger partial charge >= 0.3 is 0 Å². The summed E-state index contributed by atoms with van der Waals surface area (Å²) in [4.78, 5) is 0. The molecular formula is C15H10Cl. The predicted octanol–water partition coefficient (Wildman–Crippen LogP) is 4.34. The molecule has 1 radical (unpaired) electrons. The van der Waals surface area contributed by atoms with Gasteiger partial charge in [0, 0.05) is 17.0 Å². The average Bonchev–Trinajstić information content (AvgIpc) is 2.74. The molecule has 2 aromatic carbocycles. The molecule has 1 heteroatoms. The fourth-order valence-electron chi connectivity index (χ4n) is 2.07. The van der Waals surface area contributed by atoms with Crippen molar-refractivity contribution in [3.8, 4) is 0 Å². The molecule has 0 aromatic heterocycles. The Hall–Kier alpha value is -1.53. The Morgan fingerprint density at radius 2 is 1.44 bits per heavy atom. The van der Waals surface area contributed by atoms with Crippen molar-refractivity contribution in [3.05, 3.63) is 82.7 Å². The van der Waals surface area contributed by atoms with Gasteiger partial charge in [0.1, 0.15) is 0 Å². The minimum Gasteiger partial charge on any atom is -0.0837 e. The summed E-state index contributed by atoms with van der Waals surface area (Å²) in [6.07, 6.45) is 4.26. The lowest BCUT2D eigenvalue weighted by Crippen LogP contribution is -1.87.